The van der Waals surface area contributed by atoms with Crippen molar-refractivity contribution < 1.29 is 4.74 Å². The number of hydrogen-bond acceptors (Lipinski definition) is 3. The molecule has 110 valence electrons. The number of piperazine rings is 1. The van der Waals surface area contributed by atoms with Crippen LogP contribution in [0, 0.1) is 0 Å². The summed E-state index contributed by atoms with van der Waals surface area (Å²) in [5.74, 6) is 0. The van der Waals surface area contributed by atoms with Crippen molar-refractivity contribution in [1.82, 2.24) is 10.2 Å². The molecule has 0 bridgehead atoms. The quantitative estimate of drug-likeness (QED) is 0.913. The third-order valence-electron chi connectivity index (χ3n) is 4.55. The molecule has 0 aliphatic carbocycles. The van der Waals surface area contributed by atoms with Crippen LogP contribution in [-0.2, 0) is 4.74 Å². The van der Waals surface area contributed by atoms with Gasteiger partial charge in [-0.25, -0.2) is 0 Å². The van der Waals surface area contributed by atoms with Gasteiger partial charge in [-0.1, -0.05) is 30.3 Å². The first-order chi connectivity index (χ1) is 9.93. The van der Waals surface area contributed by atoms with E-state index in [1.54, 1.807) is 0 Å². The molecule has 1 aromatic carbocycles. The topological polar surface area (TPSA) is 24.5 Å². The Balaban J connectivity index is 1.57. The molecule has 2 saturated heterocycles. The number of hydrogen-bond donors (Lipinski definition) is 1. The van der Waals surface area contributed by atoms with E-state index in [1.165, 1.54) is 31.2 Å². The Morgan fingerprint density at radius 1 is 1.20 bits per heavy atom. The second-order valence-corrected chi connectivity index (χ2v) is 5.94. The van der Waals surface area contributed by atoms with Gasteiger partial charge in [-0.3, -0.25) is 4.90 Å². The lowest BCUT2D eigenvalue weighted by molar-refractivity contribution is 0.00142. The summed E-state index contributed by atoms with van der Waals surface area (Å²) < 4.78 is 5.87. The van der Waals surface area contributed by atoms with E-state index in [0.717, 1.165) is 32.8 Å². The molecule has 0 amide bonds. The zero-order valence-corrected chi connectivity index (χ0v) is 12.3. The lowest BCUT2D eigenvalue weighted by Crippen LogP contribution is -2.46. The summed E-state index contributed by atoms with van der Waals surface area (Å²) in [5, 5.41) is 3.53. The Labute approximate surface area is 122 Å². The minimum absolute atomic E-state index is 0.495. The highest BCUT2D eigenvalue weighted by molar-refractivity contribution is 5.20. The summed E-state index contributed by atoms with van der Waals surface area (Å²) in [6.07, 6.45) is 5.52. The molecule has 0 saturated carbocycles. The van der Waals surface area contributed by atoms with Gasteiger partial charge >= 0.3 is 0 Å². The van der Waals surface area contributed by atoms with Crippen LogP contribution in [0.4, 0.5) is 0 Å². The standard InChI is InChI=1S/C17H26N2O/c1-2-6-15(7-3-1)17-14-18-10-12-19(17)11-9-16-8-4-5-13-20-16/h1-3,6-7,16-18H,4-5,8-14H2. The van der Waals surface area contributed by atoms with Gasteiger partial charge in [-0.2, -0.15) is 0 Å². The lowest BCUT2D eigenvalue weighted by atomic mass is 10.0. The molecule has 2 aliphatic heterocycles. The maximum atomic E-state index is 5.87. The predicted octanol–water partition coefficient (Wildman–Crippen LogP) is 2.59. The number of nitrogens with one attached hydrogen (secondary N) is 1. The van der Waals surface area contributed by atoms with Crippen molar-refractivity contribution in [2.75, 3.05) is 32.8 Å². The molecular formula is C17H26N2O. The van der Waals surface area contributed by atoms with E-state index >= 15 is 0 Å². The Morgan fingerprint density at radius 2 is 2.10 bits per heavy atom. The number of benzene rings is 1. The van der Waals surface area contributed by atoms with E-state index in [1.807, 2.05) is 0 Å². The zero-order valence-electron chi connectivity index (χ0n) is 12.3. The van der Waals surface area contributed by atoms with Crippen molar-refractivity contribution >= 4 is 0 Å². The van der Waals surface area contributed by atoms with Gasteiger partial charge < -0.3 is 10.1 Å². The fourth-order valence-electron chi connectivity index (χ4n) is 3.36. The summed E-state index contributed by atoms with van der Waals surface area (Å²) in [4.78, 5) is 2.63. The largest absolute Gasteiger partial charge is 0.378 e. The molecule has 20 heavy (non-hydrogen) atoms. The molecule has 2 atom stereocenters. The van der Waals surface area contributed by atoms with E-state index < -0.39 is 0 Å². The van der Waals surface area contributed by atoms with E-state index in [9.17, 15) is 0 Å². The molecule has 0 radical (unpaired) electrons. The first kappa shape index (κ1) is 14.1. The van der Waals surface area contributed by atoms with Crippen LogP contribution in [0.3, 0.4) is 0 Å². The summed E-state index contributed by atoms with van der Waals surface area (Å²) in [7, 11) is 0. The first-order valence-corrected chi connectivity index (χ1v) is 8.05. The Morgan fingerprint density at radius 3 is 2.90 bits per heavy atom. The molecule has 2 aliphatic rings. The maximum absolute atomic E-state index is 5.87. The first-order valence-electron chi connectivity index (χ1n) is 8.05. The molecule has 3 heteroatoms. The highest BCUT2D eigenvalue weighted by Crippen LogP contribution is 2.23. The monoisotopic (exact) mass is 274 g/mol. The van der Waals surface area contributed by atoms with Crippen molar-refractivity contribution in [2.45, 2.75) is 37.8 Å². The van der Waals surface area contributed by atoms with Gasteiger partial charge in [0, 0.05) is 38.8 Å². The highest BCUT2D eigenvalue weighted by Gasteiger charge is 2.24. The van der Waals surface area contributed by atoms with Gasteiger partial charge in [0.2, 0.25) is 0 Å². The maximum Gasteiger partial charge on any atom is 0.0587 e. The van der Waals surface area contributed by atoms with Gasteiger partial charge in [0.05, 0.1) is 6.10 Å². The van der Waals surface area contributed by atoms with Gasteiger partial charge in [0.25, 0.3) is 0 Å². The van der Waals surface area contributed by atoms with Gasteiger partial charge in [0.15, 0.2) is 0 Å². The molecule has 3 rings (SSSR count). The smallest absolute Gasteiger partial charge is 0.0587 e. The van der Waals surface area contributed by atoms with Crippen LogP contribution >= 0.6 is 0 Å². The molecule has 2 fully saturated rings. The third kappa shape index (κ3) is 3.60. The fraction of sp³-hybridized carbons (Fsp3) is 0.647. The average Bonchev–Trinajstić information content (AvgIpc) is 2.55. The highest BCUT2D eigenvalue weighted by atomic mass is 16.5. The molecule has 0 spiro atoms. The summed E-state index contributed by atoms with van der Waals surface area (Å²) in [6, 6.07) is 11.4. The molecule has 0 aromatic heterocycles. The van der Waals surface area contributed by atoms with Crippen LogP contribution < -0.4 is 5.32 Å². The Bertz CT molecular complexity index is 389. The van der Waals surface area contributed by atoms with Crippen molar-refractivity contribution in [3.8, 4) is 0 Å². The number of rotatable bonds is 4. The van der Waals surface area contributed by atoms with E-state index in [-0.39, 0.29) is 0 Å². The van der Waals surface area contributed by atoms with Gasteiger partial charge in [-0.05, 0) is 31.2 Å². The summed E-state index contributed by atoms with van der Waals surface area (Å²) >= 11 is 0. The second-order valence-electron chi connectivity index (χ2n) is 5.94. The van der Waals surface area contributed by atoms with Crippen molar-refractivity contribution in [3.05, 3.63) is 35.9 Å². The summed E-state index contributed by atoms with van der Waals surface area (Å²) in [5.41, 5.74) is 1.43. The molecule has 3 nitrogen and oxygen atoms in total. The Kier molecular flexibility index (Phi) is 5.06. The van der Waals surface area contributed by atoms with E-state index in [4.69, 9.17) is 4.74 Å². The molecule has 2 heterocycles. The van der Waals surface area contributed by atoms with E-state index in [2.05, 4.69) is 40.5 Å². The van der Waals surface area contributed by atoms with Crippen LogP contribution in [-0.4, -0.2) is 43.8 Å². The van der Waals surface area contributed by atoms with E-state index in [0.29, 0.717) is 12.1 Å². The predicted molar refractivity (Wildman–Crippen MR) is 81.8 cm³/mol. The van der Waals surface area contributed by atoms with Crippen LogP contribution in [0.5, 0.6) is 0 Å². The normalized spacial score (nSPS) is 28.4. The molecule has 2 unspecified atom stereocenters. The zero-order chi connectivity index (χ0) is 13.6. The van der Waals surface area contributed by atoms with Crippen molar-refractivity contribution in [2.24, 2.45) is 0 Å². The van der Waals surface area contributed by atoms with Crippen LogP contribution in [0.2, 0.25) is 0 Å². The second kappa shape index (κ2) is 7.21. The minimum atomic E-state index is 0.495. The summed E-state index contributed by atoms with van der Waals surface area (Å²) in [6.45, 7) is 5.44. The Hall–Kier alpha value is -0.900. The molecular weight excluding hydrogens is 248 g/mol. The third-order valence-corrected chi connectivity index (χ3v) is 4.55. The van der Waals surface area contributed by atoms with Crippen LogP contribution in [0.1, 0.15) is 37.3 Å². The lowest BCUT2D eigenvalue weighted by Gasteiger charge is -2.37. The minimum Gasteiger partial charge on any atom is -0.378 e. The SMILES string of the molecule is c1ccc(C2CNCCN2CCC2CCCCO2)cc1. The van der Waals surface area contributed by atoms with Crippen molar-refractivity contribution in [1.29, 1.82) is 0 Å². The van der Waals surface area contributed by atoms with Gasteiger partial charge in [-0.15, -0.1) is 0 Å². The average molecular weight is 274 g/mol. The van der Waals surface area contributed by atoms with Gasteiger partial charge in [0.1, 0.15) is 0 Å². The van der Waals surface area contributed by atoms with Crippen LogP contribution in [0.15, 0.2) is 30.3 Å². The fourth-order valence-corrected chi connectivity index (χ4v) is 3.36. The van der Waals surface area contributed by atoms with Crippen molar-refractivity contribution in [3.63, 3.8) is 0 Å². The van der Waals surface area contributed by atoms with Crippen LogP contribution in [0.25, 0.3) is 0 Å². The molecule has 1 aromatic rings. The number of ether oxygens (including phenoxy) is 1. The number of nitrogens with zero attached hydrogens (tertiary/aromatic N) is 1. The molecule has 1 N–H and O–H groups in total.